The maximum Gasteiger partial charge on any atom is 0.279 e. The molecule has 1 N–H and O–H groups in total. The lowest BCUT2D eigenvalue weighted by Crippen LogP contribution is -2.47. The fourth-order valence-electron chi connectivity index (χ4n) is 4.36. The van der Waals surface area contributed by atoms with Gasteiger partial charge in [-0.1, -0.05) is 31.4 Å². The van der Waals surface area contributed by atoms with Gasteiger partial charge < -0.3 is 5.32 Å². The van der Waals surface area contributed by atoms with Crippen LogP contribution in [0.1, 0.15) is 71.5 Å². The number of Topliss-reactive ketones (excluding diaryl/α,β-unsaturated/α-hetero) is 1. The van der Waals surface area contributed by atoms with Gasteiger partial charge in [-0.05, 0) is 61.7 Å². The van der Waals surface area contributed by atoms with Crippen LogP contribution in [-0.4, -0.2) is 33.6 Å². The van der Waals surface area contributed by atoms with Gasteiger partial charge in [-0.2, -0.15) is 0 Å². The Morgan fingerprint density at radius 3 is 2.26 bits per heavy atom. The molecular formula is C27H27FN4O3. The molecule has 1 aromatic heterocycles. The first-order valence-corrected chi connectivity index (χ1v) is 11.7. The highest BCUT2D eigenvalue weighted by atomic mass is 19.1. The van der Waals surface area contributed by atoms with Crippen LogP contribution in [0, 0.1) is 5.82 Å². The molecule has 3 aromatic rings. The number of nitrogens with zero attached hydrogens (tertiary/aromatic N) is 3. The number of aromatic nitrogens is 2. The molecule has 35 heavy (non-hydrogen) atoms. The maximum atomic E-state index is 13.8. The molecule has 1 atom stereocenters. The first-order valence-electron chi connectivity index (χ1n) is 11.7. The lowest BCUT2D eigenvalue weighted by atomic mass is 9.94. The van der Waals surface area contributed by atoms with Crippen molar-refractivity contribution in [1.82, 2.24) is 15.3 Å². The number of hydrogen-bond donors (Lipinski definition) is 1. The van der Waals surface area contributed by atoms with E-state index in [1.54, 1.807) is 24.3 Å². The topological polar surface area (TPSA) is 92.3 Å². The lowest BCUT2D eigenvalue weighted by Gasteiger charge is -2.33. The third-order valence-corrected chi connectivity index (χ3v) is 6.20. The molecule has 0 saturated heterocycles. The second kappa shape index (κ2) is 11.0. The minimum atomic E-state index is -1.09. The molecule has 1 heterocycles. The quantitative estimate of drug-likeness (QED) is 0.503. The Morgan fingerprint density at radius 2 is 1.66 bits per heavy atom. The lowest BCUT2D eigenvalue weighted by molar-refractivity contribution is -0.123. The molecule has 2 amide bonds. The fourth-order valence-corrected chi connectivity index (χ4v) is 4.36. The molecule has 180 valence electrons. The summed E-state index contributed by atoms with van der Waals surface area (Å²) in [5.41, 5.74) is 1.39. The van der Waals surface area contributed by atoms with Crippen molar-refractivity contribution in [3.8, 4) is 0 Å². The van der Waals surface area contributed by atoms with Crippen molar-refractivity contribution < 1.29 is 18.8 Å². The van der Waals surface area contributed by atoms with Gasteiger partial charge >= 0.3 is 0 Å². The summed E-state index contributed by atoms with van der Waals surface area (Å²) in [7, 11) is 0. The average Bonchev–Trinajstić information content (AvgIpc) is 2.88. The van der Waals surface area contributed by atoms with Gasteiger partial charge in [0, 0.05) is 29.7 Å². The van der Waals surface area contributed by atoms with Crippen LogP contribution in [0.4, 0.5) is 10.1 Å². The van der Waals surface area contributed by atoms with Crippen LogP contribution in [0.25, 0.3) is 0 Å². The molecule has 1 saturated carbocycles. The van der Waals surface area contributed by atoms with Crippen LogP contribution in [0.5, 0.6) is 0 Å². The number of ketones is 1. The van der Waals surface area contributed by atoms with Crippen LogP contribution in [0.15, 0.2) is 67.1 Å². The van der Waals surface area contributed by atoms with Gasteiger partial charge in [-0.15, -0.1) is 0 Å². The van der Waals surface area contributed by atoms with E-state index in [0.717, 1.165) is 32.1 Å². The van der Waals surface area contributed by atoms with E-state index in [0.29, 0.717) is 16.8 Å². The molecule has 0 radical (unpaired) electrons. The van der Waals surface area contributed by atoms with Crippen molar-refractivity contribution >= 4 is 23.3 Å². The highest BCUT2D eigenvalue weighted by Crippen LogP contribution is 2.31. The van der Waals surface area contributed by atoms with E-state index in [4.69, 9.17) is 0 Å². The van der Waals surface area contributed by atoms with E-state index in [2.05, 4.69) is 15.3 Å². The molecule has 7 nitrogen and oxygen atoms in total. The number of nitrogens with one attached hydrogen (secondary N) is 1. The summed E-state index contributed by atoms with van der Waals surface area (Å²) in [6.45, 7) is 1.45. The summed E-state index contributed by atoms with van der Waals surface area (Å²) in [5, 5.41) is 3.10. The standard InChI is InChI=1S/C27H27FN4O3/c1-18(33)19-9-13-23(14-10-19)32(27(35)24-17-29-15-16-30-24)25(20-7-11-21(28)12-8-20)26(34)31-22-5-3-2-4-6-22/h7-17,22,25H,2-6H2,1H3,(H,31,34). The molecular weight excluding hydrogens is 447 g/mol. The molecule has 4 rings (SSSR count). The summed E-state index contributed by atoms with van der Waals surface area (Å²) >= 11 is 0. The fraction of sp³-hybridized carbons (Fsp3) is 0.296. The number of carbonyl (C=O) groups is 3. The molecule has 0 bridgehead atoms. The van der Waals surface area contributed by atoms with Gasteiger partial charge in [0.1, 0.15) is 17.6 Å². The second-order valence-corrected chi connectivity index (χ2v) is 8.67. The highest BCUT2D eigenvalue weighted by Gasteiger charge is 2.35. The van der Waals surface area contributed by atoms with Crippen LogP contribution < -0.4 is 10.2 Å². The number of amides is 2. The van der Waals surface area contributed by atoms with E-state index in [9.17, 15) is 18.8 Å². The van der Waals surface area contributed by atoms with Crippen molar-refractivity contribution in [1.29, 1.82) is 0 Å². The van der Waals surface area contributed by atoms with E-state index >= 15 is 0 Å². The summed E-state index contributed by atoms with van der Waals surface area (Å²) in [6.07, 6.45) is 9.12. The Kier molecular flexibility index (Phi) is 7.60. The molecule has 1 aliphatic rings. The van der Waals surface area contributed by atoms with Gasteiger partial charge in [0.15, 0.2) is 5.78 Å². The average molecular weight is 475 g/mol. The zero-order valence-corrected chi connectivity index (χ0v) is 19.5. The molecule has 1 unspecified atom stereocenters. The Morgan fingerprint density at radius 1 is 0.971 bits per heavy atom. The number of hydrogen-bond acceptors (Lipinski definition) is 5. The van der Waals surface area contributed by atoms with Crippen molar-refractivity contribution in [3.63, 3.8) is 0 Å². The summed E-state index contributed by atoms with van der Waals surface area (Å²) < 4.78 is 13.8. The van der Waals surface area contributed by atoms with Crippen molar-refractivity contribution in [2.75, 3.05) is 4.90 Å². The van der Waals surface area contributed by atoms with Gasteiger partial charge in [0.25, 0.3) is 5.91 Å². The van der Waals surface area contributed by atoms with Gasteiger partial charge in [0.05, 0.1) is 6.20 Å². The largest absolute Gasteiger partial charge is 0.351 e. The molecule has 2 aromatic carbocycles. The van der Waals surface area contributed by atoms with Gasteiger partial charge in [-0.3, -0.25) is 24.3 Å². The monoisotopic (exact) mass is 474 g/mol. The first-order chi connectivity index (χ1) is 16.9. The van der Waals surface area contributed by atoms with Crippen molar-refractivity contribution in [2.24, 2.45) is 0 Å². The third kappa shape index (κ3) is 5.77. The SMILES string of the molecule is CC(=O)c1ccc(N(C(=O)c2cnccn2)C(C(=O)NC2CCCCC2)c2ccc(F)cc2)cc1. The number of halogens is 1. The van der Waals surface area contributed by atoms with Crippen molar-refractivity contribution in [2.45, 2.75) is 51.1 Å². The zero-order chi connectivity index (χ0) is 24.8. The predicted octanol–water partition coefficient (Wildman–Crippen LogP) is 4.66. The highest BCUT2D eigenvalue weighted by molar-refractivity contribution is 6.09. The Labute approximate surface area is 203 Å². The minimum Gasteiger partial charge on any atom is -0.351 e. The Bertz CT molecular complexity index is 1180. The zero-order valence-electron chi connectivity index (χ0n) is 19.5. The molecule has 1 fully saturated rings. The first kappa shape index (κ1) is 24.2. The molecule has 0 spiro atoms. The summed E-state index contributed by atoms with van der Waals surface area (Å²) in [6, 6.07) is 10.9. The molecule has 0 aliphatic heterocycles. The van der Waals surface area contributed by atoms with Crippen molar-refractivity contribution in [3.05, 3.63) is 89.8 Å². The van der Waals surface area contributed by atoms with E-state index in [1.165, 1.54) is 54.7 Å². The van der Waals surface area contributed by atoms with Crippen LogP contribution in [-0.2, 0) is 4.79 Å². The normalized spacial score (nSPS) is 14.7. The Hall–Kier alpha value is -3.94. The second-order valence-electron chi connectivity index (χ2n) is 8.67. The molecule has 8 heteroatoms. The maximum absolute atomic E-state index is 13.8. The van der Waals surface area contributed by atoms with Crippen LogP contribution >= 0.6 is 0 Å². The smallest absolute Gasteiger partial charge is 0.279 e. The van der Waals surface area contributed by atoms with Gasteiger partial charge in [-0.25, -0.2) is 9.37 Å². The molecule has 1 aliphatic carbocycles. The van der Waals surface area contributed by atoms with Gasteiger partial charge in [0.2, 0.25) is 5.91 Å². The third-order valence-electron chi connectivity index (χ3n) is 6.20. The minimum absolute atomic E-state index is 0.00718. The van der Waals surface area contributed by atoms with E-state index in [1.807, 2.05) is 0 Å². The number of benzene rings is 2. The van der Waals surface area contributed by atoms with Crippen LogP contribution in [0.2, 0.25) is 0 Å². The van der Waals surface area contributed by atoms with Crippen LogP contribution in [0.3, 0.4) is 0 Å². The summed E-state index contributed by atoms with van der Waals surface area (Å²) in [5.74, 6) is -1.47. The number of anilines is 1. The Balaban J connectivity index is 1.80. The predicted molar refractivity (Wildman–Crippen MR) is 129 cm³/mol. The van der Waals surface area contributed by atoms with E-state index < -0.39 is 17.8 Å². The number of rotatable bonds is 7. The van der Waals surface area contributed by atoms with E-state index in [-0.39, 0.29) is 23.4 Å². The number of carbonyl (C=O) groups excluding carboxylic acids is 3. The summed E-state index contributed by atoms with van der Waals surface area (Å²) in [4.78, 5) is 48.7.